The zero-order valence-corrected chi connectivity index (χ0v) is 9.30. The third-order valence-electron chi connectivity index (χ3n) is 2.36. The Bertz CT molecular complexity index is 130. The molecule has 0 aliphatic carbocycles. The van der Waals surface area contributed by atoms with Gasteiger partial charge in [-0.25, -0.2) is 0 Å². The van der Waals surface area contributed by atoms with Gasteiger partial charge in [0, 0.05) is 0 Å². The summed E-state index contributed by atoms with van der Waals surface area (Å²) in [5.74, 6) is 0. The fraction of sp³-hybridized carbons (Fsp3) is 0.818. The molecule has 0 bridgehead atoms. The van der Waals surface area contributed by atoms with E-state index in [0.29, 0.717) is 6.04 Å². The number of quaternary nitrogens is 1. The minimum Gasteiger partial charge on any atom is -0.325 e. The van der Waals surface area contributed by atoms with E-state index in [4.69, 9.17) is 0 Å². The molecule has 1 atom stereocenters. The first-order valence-electron chi connectivity index (χ1n) is 4.96. The second kappa shape index (κ2) is 5.36. The second-order valence-corrected chi connectivity index (χ2v) is 4.43. The van der Waals surface area contributed by atoms with Crippen molar-refractivity contribution in [2.75, 3.05) is 21.1 Å². The molecular weight excluding hydrogens is 146 g/mol. The molecule has 0 rings (SSSR count). The largest absolute Gasteiger partial charge is 0.325 e. The molecule has 0 heterocycles. The Morgan fingerprint density at radius 3 is 2.25 bits per heavy atom. The van der Waals surface area contributed by atoms with E-state index < -0.39 is 0 Å². The molecule has 1 heteroatoms. The first-order valence-corrected chi connectivity index (χ1v) is 4.96. The van der Waals surface area contributed by atoms with Crippen LogP contribution >= 0.6 is 0 Å². The van der Waals surface area contributed by atoms with E-state index in [1.165, 1.54) is 19.3 Å². The summed E-state index contributed by atoms with van der Waals surface area (Å²) in [6.45, 7) is 4.50. The normalized spacial score (nSPS) is 15.4. The van der Waals surface area contributed by atoms with E-state index in [-0.39, 0.29) is 0 Å². The van der Waals surface area contributed by atoms with Crippen LogP contribution in [-0.4, -0.2) is 31.7 Å². The van der Waals surface area contributed by atoms with Crippen LogP contribution in [0.15, 0.2) is 12.2 Å². The Kier molecular flexibility index (Phi) is 5.23. The molecule has 0 fully saturated rings. The Morgan fingerprint density at radius 1 is 1.25 bits per heavy atom. The molecule has 0 N–H and O–H groups in total. The summed E-state index contributed by atoms with van der Waals surface area (Å²) in [5.41, 5.74) is 0. The third-order valence-corrected chi connectivity index (χ3v) is 2.36. The molecule has 0 aromatic carbocycles. The molecule has 0 saturated carbocycles. The lowest BCUT2D eigenvalue weighted by atomic mass is 10.2. The van der Waals surface area contributed by atoms with Gasteiger partial charge in [-0.1, -0.05) is 25.8 Å². The third kappa shape index (κ3) is 5.36. The Morgan fingerprint density at radius 2 is 1.83 bits per heavy atom. The highest BCUT2D eigenvalue weighted by molar-refractivity contribution is 4.86. The predicted molar refractivity (Wildman–Crippen MR) is 56.2 cm³/mol. The summed E-state index contributed by atoms with van der Waals surface area (Å²) < 4.78 is 1.02. The van der Waals surface area contributed by atoms with Crippen LogP contribution in [0.1, 0.15) is 33.1 Å². The second-order valence-electron chi connectivity index (χ2n) is 4.43. The quantitative estimate of drug-likeness (QED) is 0.338. The summed E-state index contributed by atoms with van der Waals surface area (Å²) >= 11 is 0. The maximum atomic E-state index is 2.33. The Hall–Kier alpha value is -0.300. The highest BCUT2D eigenvalue weighted by Crippen LogP contribution is 2.04. The lowest BCUT2D eigenvalue weighted by Crippen LogP contribution is -2.41. The average molecular weight is 170 g/mol. The molecule has 0 aromatic heterocycles. The van der Waals surface area contributed by atoms with Gasteiger partial charge in [-0.3, -0.25) is 0 Å². The fourth-order valence-corrected chi connectivity index (χ4v) is 0.873. The summed E-state index contributed by atoms with van der Waals surface area (Å²) in [6, 6.07) is 0.627. The first kappa shape index (κ1) is 11.7. The SMILES string of the molecule is CCCC/C=C/C(C)[N+](C)(C)C. The summed E-state index contributed by atoms with van der Waals surface area (Å²) in [5, 5.41) is 0. The van der Waals surface area contributed by atoms with Crippen LogP contribution in [0.4, 0.5) is 0 Å². The Labute approximate surface area is 77.7 Å². The number of likely N-dealkylation sites (N-methyl/N-ethyl adjacent to an activating group) is 1. The van der Waals surface area contributed by atoms with Crippen molar-refractivity contribution in [2.24, 2.45) is 0 Å². The molecule has 1 nitrogen and oxygen atoms in total. The number of hydrogen-bond acceptors (Lipinski definition) is 0. The lowest BCUT2D eigenvalue weighted by Gasteiger charge is -2.29. The van der Waals surface area contributed by atoms with E-state index >= 15 is 0 Å². The minimum atomic E-state index is 0.627. The molecule has 0 aliphatic heterocycles. The molecule has 0 amide bonds. The van der Waals surface area contributed by atoms with E-state index in [0.717, 1.165) is 4.48 Å². The lowest BCUT2D eigenvalue weighted by molar-refractivity contribution is -0.887. The Balaban J connectivity index is 3.68. The summed E-state index contributed by atoms with van der Waals surface area (Å²) in [7, 11) is 6.69. The van der Waals surface area contributed by atoms with Crippen molar-refractivity contribution in [3.05, 3.63) is 12.2 Å². The van der Waals surface area contributed by atoms with Crippen LogP contribution in [0.2, 0.25) is 0 Å². The molecule has 0 spiro atoms. The van der Waals surface area contributed by atoms with E-state index in [1.54, 1.807) is 0 Å². The van der Waals surface area contributed by atoms with Crippen LogP contribution in [0, 0.1) is 0 Å². The van der Waals surface area contributed by atoms with Crippen LogP contribution in [0.25, 0.3) is 0 Å². The highest BCUT2D eigenvalue weighted by Gasteiger charge is 2.13. The maximum Gasteiger partial charge on any atom is 0.104 e. The number of unbranched alkanes of at least 4 members (excludes halogenated alkanes) is 2. The van der Waals surface area contributed by atoms with Gasteiger partial charge in [0.2, 0.25) is 0 Å². The molecule has 0 saturated heterocycles. The minimum absolute atomic E-state index is 0.627. The van der Waals surface area contributed by atoms with Gasteiger partial charge in [-0.15, -0.1) is 0 Å². The van der Waals surface area contributed by atoms with Crippen molar-refractivity contribution in [3.8, 4) is 0 Å². The van der Waals surface area contributed by atoms with Crippen LogP contribution < -0.4 is 0 Å². The predicted octanol–water partition coefficient (Wildman–Crippen LogP) is 2.83. The standard InChI is InChI=1S/C11H24N/c1-6-7-8-9-10-11(2)12(3,4)5/h9-11H,6-8H2,1-5H3/q+1/b10-9+. The molecule has 0 aromatic rings. The van der Waals surface area contributed by atoms with Crippen molar-refractivity contribution >= 4 is 0 Å². The topological polar surface area (TPSA) is 0 Å². The van der Waals surface area contributed by atoms with Gasteiger partial charge in [0.05, 0.1) is 21.1 Å². The molecule has 0 aliphatic rings. The van der Waals surface area contributed by atoms with Gasteiger partial charge in [-0.05, 0) is 19.4 Å². The maximum absolute atomic E-state index is 2.33. The van der Waals surface area contributed by atoms with Crippen molar-refractivity contribution < 1.29 is 4.48 Å². The van der Waals surface area contributed by atoms with Crippen LogP contribution in [-0.2, 0) is 0 Å². The van der Waals surface area contributed by atoms with Crippen LogP contribution in [0.3, 0.4) is 0 Å². The smallest absolute Gasteiger partial charge is 0.104 e. The van der Waals surface area contributed by atoms with Gasteiger partial charge in [0.25, 0.3) is 0 Å². The number of nitrogens with zero attached hydrogens (tertiary/aromatic N) is 1. The van der Waals surface area contributed by atoms with Gasteiger partial charge < -0.3 is 4.48 Å². The van der Waals surface area contributed by atoms with Gasteiger partial charge in [0.1, 0.15) is 6.04 Å². The zero-order chi connectivity index (χ0) is 9.61. The van der Waals surface area contributed by atoms with E-state index in [2.05, 4.69) is 47.1 Å². The van der Waals surface area contributed by atoms with Gasteiger partial charge in [-0.2, -0.15) is 0 Å². The van der Waals surface area contributed by atoms with E-state index in [1.807, 2.05) is 0 Å². The zero-order valence-electron chi connectivity index (χ0n) is 9.30. The van der Waals surface area contributed by atoms with Crippen molar-refractivity contribution in [3.63, 3.8) is 0 Å². The average Bonchev–Trinajstić information content (AvgIpc) is 1.96. The summed E-state index contributed by atoms with van der Waals surface area (Å²) in [6.07, 6.45) is 8.50. The van der Waals surface area contributed by atoms with E-state index in [9.17, 15) is 0 Å². The highest BCUT2D eigenvalue weighted by atomic mass is 15.3. The molecule has 72 valence electrons. The summed E-state index contributed by atoms with van der Waals surface area (Å²) in [4.78, 5) is 0. The van der Waals surface area contributed by atoms with Crippen molar-refractivity contribution in [1.29, 1.82) is 0 Å². The molecule has 1 unspecified atom stereocenters. The van der Waals surface area contributed by atoms with Gasteiger partial charge in [0.15, 0.2) is 0 Å². The molecular formula is C11H24N+. The molecule has 12 heavy (non-hydrogen) atoms. The first-order chi connectivity index (χ1) is 5.48. The van der Waals surface area contributed by atoms with Crippen molar-refractivity contribution in [1.82, 2.24) is 0 Å². The number of rotatable bonds is 5. The van der Waals surface area contributed by atoms with Crippen molar-refractivity contribution in [2.45, 2.75) is 39.2 Å². The number of allylic oxidation sites excluding steroid dienone is 1. The fourth-order valence-electron chi connectivity index (χ4n) is 0.873. The van der Waals surface area contributed by atoms with Gasteiger partial charge >= 0.3 is 0 Å². The molecule has 0 radical (unpaired) electrons. The number of hydrogen-bond donors (Lipinski definition) is 0. The monoisotopic (exact) mass is 170 g/mol. The van der Waals surface area contributed by atoms with Crippen LogP contribution in [0.5, 0.6) is 0 Å².